The smallest absolute Gasteiger partial charge is 0.335 e. The zero-order chi connectivity index (χ0) is 61.3. The first-order chi connectivity index (χ1) is 41.4. The number of hydrogen-bond donors (Lipinski definition) is 2. The number of benzene rings is 6. The number of ether oxygens (including phenoxy) is 4. The van der Waals surface area contributed by atoms with Gasteiger partial charge < -0.3 is 38.3 Å². The first-order valence-electron chi connectivity index (χ1n) is 26.3. The Labute approximate surface area is 499 Å². The van der Waals surface area contributed by atoms with Gasteiger partial charge >= 0.3 is 11.9 Å². The minimum atomic E-state index is -1.24. The maximum atomic E-state index is 14.8. The molecule has 10 aromatic rings. The molecule has 0 bridgehead atoms. The van der Waals surface area contributed by atoms with Crippen LogP contribution in [0.2, 0.25) is 10.0 Å². The summed E-state index contributed by atoms with van der Waals surface area (Å²) < 4.78 is 83.6. The van der Waals surface area contributed by atoms with Crippen LogP contribution in [-0.2, 0) is 48.6 Å². The number of aromatic nitrogens is 6. The Morgan fingerprint density at radius 3 is 1.30 bits per heavy atom. The molecule has 0 saturated heterocycles. The lowest BCUT2D eigenvalue weighted by atomic mass is 10.00. The van der Waals surface area contributed by atoms with E-state index in [4.69, 9.17) is 52.7 Å². The maximum absolute atomic E-state index is 14.8. The quantitative estimate of drug-likeness (QED) is 0.0678. The lowest BCUT2D eigenvalue weighted by Gasteiger charge is -2.13. The number of rotatable bonds is 20. The van der Waals surface area contributed by atoms with Crippen molar-refractivity contribution in [1.82, 2.24) is 29.1 Å². The predicted molar refractivity (Wildman–Crippen MR) is 312 cm³/mol. The highest BCUT2D eigenvalue weighted by Gasteiger charge is 2.22. The monoisotopic (exact) mass is 1200 g/mol. The molecule has 86 heavy (non-hydrogen) atoms. The van der Waals surface area contributed by atoms with E-state index in [9.17, 15) is 37.4 Å². The van der Waals surface area contributed by atoms with E-state index in [0.717, 1.165) is 57.6 Å². The lowest BCUT2D eigenvalue weighted by Crippen LogP contribution is -2.10. The summed E-state index contributed by atoms with van der Waals surface area (Å²) in [6, 6.07) is 34.7. The van der Waals surface area contributed by atoms with Gasteiger partial charge in [0.2, 0.25) is 11.8 Å². The summed E-state index contributed by atoms with van der Waals surface area (Å²) in [7, 11) is 3.08. The van der Waals surface area contributed by atoms with E-state index in [1.807, 2.05) is 38.1 Å². The van der Waals surface area contributed by atoms with Crippen molar-refractivity contribution in [1.29, 1.82) is 10.5 Å². The Hall–Kier alpha value is -9.70. The van der Waals surface area contributed by atoms with Crippen molar-refractivity contribution in [2.24, 2.45) is 0 Å². The minimum absolute atomic E-state index is 0.0642. The number of nitrogens with zero attached hydrogens (tertiary/aromatic N) is 8. The Morgan fingerprint density at radius 2 is 0.942 bits per heavy atom. The van der Waals surface area contributed by atoms with Crippen molar-refractivity contribution in [3.8, 4) is 46.4 Å². The summed E-state index contributed by atoms with van der Waals surface area (Å²) in [4.78, 5) is 41.2. The number of methoxy groups -OCH3 is 2. The van der Waals surface area contributed by atoms with Crippen molar-refractivity contribution >= 4 is 57.2 Å². The van der Waals surface area contributed by atoms with Gasteiger partial charge in [0.05, 0.1) is 70.0 Å². The number of aryl methyl sites for hydroxylation is 2. The second kappa shape index (κ2) is 26.9. The Bertz CT molecular complexity index is 4080. The molecule has 10 rings (SSSR count). The number of hydrogen-bond acceptors (Lipinski definition) is 12. The number of imidazole rings is 2. The van der Waals surface area contributed by atoms with Crippen molar-refractivity contribution in [2.75, 3.05) is 27.4 Å². The largest absolute Gasteiger partial charge is 0.478 e. The third kappa shape index (κ3) is 13.8. The molecular weight excluding hydrogens is 1160 g/mol. The number of halogens is 6. The van der Waals surface area contributed by atoms with Crippen molar-refractivity contribution in [3.63, 3.8) is 0 Å². The summed E-state index contributed by atoms with van der Waals surface area (Å²) in [6.07, 6.45) is 0.514. The topological polar surface area (TPSA) is 221 Å². The Kier molecular flexibility index (Phi) is 19.0. The lowest BCUT2D eigenvalue weighted by molar-refractivity contribution is 0.0686. The fraction of sp³-hybridized carbons (Fsp3) is 0.188. The second-order valence-corrected chi connectivity index (χ2v) is 20.4. The molecule has 4 heterocycles. The van der Waals surface area contributed by atoms with Crippen LogP contribution in [0.3, 0.4) is 0 Å². The molecule has 0 fully saturated rings. The number of pyridine rings is 2. The van der Waals surface area contributed by atoms with Crippen LogP contribution in [0.1, 0.15) is 76.9 Å². The van der Waals surface area contributed by atoms with Crippen LogP contribution in [0.4, 0.5) is 17.6 Å². The molecule has 0 spiro atoms. The summed E-state index contributed by atoms with van der Waals surface area (Å²) in [5, 5.41) is 37.6. The van der Waals surface area contributed by atoms with Gasteiger partial charge in [0.1, 0.15) is 47.5 Å². The molecule has 0 radical (unpaired) electrons. The van der Waals surface area contributed by atoms with Crippen LogP contribution in [0, 0.1) is 59.8 Å². The number of carboxylic acid groups (broad SMARTS) is 2. The first-order valence-corrected chi connectivity index (χ1v) is 27.1. The molecular formula is C64H50Cl2F4N8O8. The van der Waals surface area contributed by atoms with Crippen LogP contribution in [0.15, 0.2) is 121 Å². The van der Waals surface area contributed by atoms with E-state index in [-0.39, 0.29) is 71.1 Å². The summed E-state index contributed by atoms with van der Waals surface area (Å²) in [6.45, 7) is 4.98. The average molecular weight is 1210 g/mol. The average Bonchev–Trinajstić information content (AvgIpc) is 1.83. The van der Waals surface area contributed by atoms with Gasteiger partial charge in [0, 0.05) is 84.6 Å². The minimum Gasteiger partial charge on any atom is -0.478 e. The molecule has 0 saturated carbocycles. The van der Waals surface area contributed by atoms with Gasteiger partial charge in [-0.05, 0) is 109 Å². The van der Waals surface area contributed by atoms with Gasteiger partial charge in [0.15, 0.2) is 11.6 Å². The molecule has 0 amide bonds. The van der Waals surface area contributed by atoms with E-state index in [1.165, 1.54) is 36.4 Å². The third-order valence-electron chi connectivity index (χ3n) is 13.9. The fourth-order valence-electron chi connectivity index (χ4n) is 9.55. The van der Waals surface area contributed by atoms with E-state index in [1.54, 1.807) is 71.9 Å². The summed E-state index contributed by atoms with van der Waals surface area (Å²) in [5.74, 6) is -3.40. The SMILES string of the molecule is COCCn1c(Cc2cc(C)c(-c3cccc(OCc4ccc(C#N)cc4F)n3)cc2Cl)nc2c(F)cc(C(=O)O)cc21.COCCn1c(Cc2cc(C)c(-c3cccc(OCc4ccc(C#N)cc4F)n3)cc2Cl)nc2c(F)cc(C(=O)O)cc21. The maximum Gasteiger partial charge on any atom is 0.335 e. The van der Waals surface area contributed by atoms with Gasteiger partial charge in [-0.1, -0.05) is 59.6 Å². The number of carboxylic acids is 2. The molecule has 0 atom stereocenters. The molecule has 2 N–H and O–H groups in total. The van der Waals surface area contributed by atoms with Crippen LogP contribution in [0.25, 0.3) is 44.6 Å². The van der Waals surface area contributed by atoms with Crippen LogP contribution < -0.4 is 9.47 Å². The number of fused-ring (bicyclic) bond motifs is 2. The highest BCUT2D eigenvalue weighted by molar-refractivity contribution is 6.32. The van der Waals surface area contributed by atoms with Crippen molar-refractivity contribution < 1.29 is 56.3 Å². The number of nitriles is 2. The highest BCUT2D eigenvalue weighted by Crippen LogP contribution is 2.35. The third-order valence-corrected chi connectivity index (χ3v) is 14.6. The number of carbonyl (C=O) groups is 2. The Morgan fingerprint density at radius 1 is 0.535 bits per heavy atom. The summed E-state index contributed by atoms with van der Waals surface area (Å²) in [5.41, 5.74) is 7.46. The van der Waals surface area contributed by atoms with Crippen molar-refractivity contribution in [2.45, 2.75) is 53.0 Å². The molecule has 16 nitrogen and oxygen atoms in total. The number of aromatic carboxylic acids is 2. The molecule has 436 valence electrons. The zero-order valence-corrected chi connectivity index (χ0v) is 47.9. The molecule has 0 aliphatic carbocycles. The van der Waals surface area contributed by atoms with Gasteiger partial charge in [-0.25, -0.2) is 47.1 Å². The van der Waals surface area contributed by atoms with E-state index in [0.29, 0.717) is 81.5 Å². The Balaban J connectivity index is 0.000000205. The second-order valence-electron chi connectivity index (χ2n) is 19.6. The summed E-state index contributed by atoms with van der Waals surface area (Å²) >= 11 is 13.5. The van der Waals surface area contributed by atoms with Gasteiger partial charge in [-0.15, -0.1) is 0 Å². The predicted octanol–water partition coefficient (Wildman–Crippen LogP) is 13.4. The van der Waals surface area contributed by atoms with Gasteiger partial charge in [-0.3, -0.25) is 0 Å². The molecule has 0 unspecified atom stereocenters. The van der Waals surface area contributed by atoms with Crippen LogP contribution in [-0.4, -0.2) is 78.7 Å². The van der Waals surface area contributed by atoms with Gasteiger partial charge in [0.25, 0.3) is 0 Å². The molecule has 6 aromatic carbocycles. The van der Waals surface area contributed by atoms with Crippen molar-refractivity contribution in [3.05, 3.63) is 222 Å². The van der Waals surface area contributed by atoms with E-state index < -0.39 is 35.2 Å². The van der Waals surface area contributed by atoms with E-state index >= 15 is 0 Å². The molecule has 4 aromatic heterocycles. The zero-order valence-electron chi connectivity index (χ0n) is 46.4. The normalized spacial score (nSPS) is 11.1. The molecule has 22 heteroatoms. The molecule has 0 aliphatic heterocycles. The van der Waals surface area contributed by atoms with E-state index in [2.05, 4.69) is 19.9 Å². The fourth-order valence-corrected chi connectivity index (χ4v) is 10.0. The van der Waals surface area contributed by atoms with Crippen LogP contribution in [0.5, 0.6) is 11.8 Å². The van der Waals surface area contributed by atoms with Crippen LogP contribution >= 0.6 is 23.2 Å². The first kappa shape index (κ1) is 60.9. The highest BCUT2D eigenvalue weighted by atomic mass is 35.5. The van der Waals surface area contributed by atoms with Gasteiger partial charge in [-0.2, -0.15) is 10.5 Å². The standard InChI is InChI=1S/2C32H25ClF2N4O4/c2*1-18-10-21(14-29-38-31-26(35)12-22(32(40)41)13-28(31)39(29)8-9-42-2)24(33)15-23(18)27-4-3-5-30(37-27)43-17-20-7-6-19(16-36)11-25(20)34/h2*3-7,10-13,15H,8-9,14,17H2,1-2H3,(H,40,41). The molecule has 0 aliphatic rings.